The van der Waals surface area contributed by atoms with Gasteiger partial charge in [0.2, 0.25) is 0 Å². The second-order valence-corrected chi connectivity index (χ2v) is 6.80. The van der Waals surface area contributed by atoms with Crippen molar-refractivity contribution < 1.29 is 4.39 Å². The van der Waals surface area contributed by atoms with Gasteiger partial charge in [-0.1, -0.05) is 48.5 Å². The maximum absolute atomic E-state index is 14.6. The molecule has 0 N–H and O–H groups in total. The molecule has 0 fully saturated rings. The Morgan fingerprint density at radius 3 is 2.67 bits per heavy atom. The van der Waals surface area contributed by atoms with Gasteiger partial charge in [0.05, 0.1) is 6.54 Å². The Kier molecular flexibility index (Phi) is 5.34. The van der Waals surface area contributed by atoms with E-state index in [9.17, 15) is 4.39 Å². The SMILES string of the molecule is Fc1cccc(Cn2cnnn2)c1C1=CCN(CCc2ccccc2)CC1. The molecule has 0 aliphatic carbocycles. The van der Waals surface area contributed by atoms with Crippen LogP contribution >= 0.6 is 0 Å². The van der Waals surface area contributed by atoms with Crippen LogP contribution in [0.2, 0.25) is 0 Å². The van der Waals surface area contributed by atoms with Gasteiger partial charge in [-0.15, -0.1) is 5.10 Å². The Morgan fingerprint density at radius 2 is 1.93 bits per heavy atom. The van der Waals surface area contributed by atoms with Gasteiger partial charge >= 0.3 is 0 Å². The summed E-state index contributed by atoms with van der Waals surface area (Å²) in [5, 5.41) is 11.2. The summed E-state index contributed by atoms with van der Waals surface area (Å²) in [6, 6.07) is 15.7. The van der Waals surface area contributed by atoms with Gasteiger partial charge in [0.25, 0.3) is 0 Å². The Morgan fingerprint density at radius 1 is 1.04 bits per heavy atom. The van der Waals surface area contributed by atoms with Crippen molar-refractivity contribution in [2.75, 3.05) is 19.6 Å². The average molecular weight is 363 g/mol. The first kappa shape index (κ1) is 17.5. The second-order valence-electron chi connectivity index (χ2n) is 6.80. The Bertz CT molecular complexity index is 906. The molecule has 0 spiro atoms. The summed E-state index contributed by atoms with van der Waals surface area (Å²) in [6.07, 6.45) is 5.60. The van der Waals surface area contributed by atoms with Crippen molar-refractivity contribution in [3.63, 3.8) is 0 Å². The molecular weight excluding hydrogens is 341 g/mol. The summed E-state index contributed by atoms with van der Waals surface area (Å²) in [6.45, 7) is 3.27. The summed E-state index contributed by atoms with van der Waals surface area (Å²) < 4.78 is 16.2. The molecule has 0 saturated heterocycles. The first-order chi connectivity index (χ1) is 13.3. The molecule has 0 bridgehead atoms. The highest BCUT2D eigenvalue weighted by Crippen LogP contribution is 2.28. The van der Waals surface area contributed by atoms with Gasteiger partial charge in [-0.2, -0.15) is 0 Å². The summed E-state index contributed by atoms with van der Waals surface area (Å²) in [5.74, 6) is -0.176. The lowest BCUT2D eigenvalue weighted by molar-refractivity contribution is 0.305. The van der Waals surface area contributed by atoms with Crippen molar-refractivity contribution >= 4 is 5.57 Å². The monoisotopic (exact) mass is 363 g/mol. The van der Waals surface area contributed by atoms with E-state index in [1.165, 1.54) is 11.6 Å². The average Bonchev–Trinajstić information content (AvgIpc) is 3.21. The molecule has 3 aromatic rings. The van der Waals surface area contributed by atoms with Gasteiger partial charge in [0.1, 0.15) is 12.1 Å². The van der Waals surface area contributed by atoms with Crippen LogP contribution < -0.4 is 0 Å². The molecule has 2 heterocycles. The first-order valence-corrected chi connectivity index (χ1v) is 9.23. The largest absolute Gasteiger partial charge is 0.299 e. The molecule has 4 rings (SSSR count). The van der Waals surface area contributed by atoms with Gasteiger partial charge in [0.15, 0.2) is 0 Å². The fourth-order valence-corrected chi connectivity index (χ4v) is 3.56. The van der Waals surface area contributed by atoms with Crippen molar-refractivity contribution in [1.82, 2.24) is 25.1 Å². The smallest absolute Gasteiger partial charge is 0.138 e. The number of nitrogens with zero attached hydrogens (tertiary/aromatic N) is 5. The van der Waals surface area contributed by atoms with E-state index in [1.807, 2.05) is 12.1 Å². The highest BCUT2D eigenvalue weighted by atomic mass is 19.1. The van der Waals surface area contributed by atoms with Crippen LogP contribution in [0, 0.1) is 5.82 Å². The minimum absolute atomic E-state index is 0.176. The van der Waals surface area contributed by atoms with Crippen molar-refractivity contribution in [3.05, 3.63) is 83.4 Å². The normalized spacial score (nSPS) is 14.9. The maximum Gasteiger partial charge on any atom is 0.138 e. The van der Waals surface area contributed by atoms with Crippen LogP contribution in [0.3, 0.4) is 0 Å². The lowest BCUT2D eigenvalue weighted by Gasteiger charge is -2.27. The predicted molar refractivity (Wildman–Crippen MR) is 102 cm³/mol. The second kappa shape index (κ2) is 8.22. The van der Waals surface area contributed by atoms with Crippen molar-refractivity contribution in [3.8, 4) is 0 Å². The fourth-order valence-electron chi connectivity index (χ4n) is 3.56. The molecule has 1 aliphatic rings. The number of halogens is 1. The van der Waals surface area contributed by atoms with E-state index in [2.05, 4.69) is 50.8 Å². The van der Waals surface area contributed by atoms with E-state index in [4.69, 9.17) is 0 Å². The van der Waals surface area contributed by atoms with Crippen molar-refractivity contribution in [2.24, 2.45) is 0 Å². The van der Waals surface area contributed by atoms with Crippen LogP contribution in [-0.2, 0) is 13.0 Å². The van der Waals surface area contributed by atoms with Crippen molar-refractivity contribution in [1.29, 1.82) is 0 Å². The minimum Gasteiger partial charge on any atom is -0.299 e. The standard InChI is InChI=1S/C21H22FN5/c22-20-8-4-7-19(15-27-16-23-24-25-27)21(20)18-10-13-26(14-11-18)12-9-17-5-2-1-3-6-17/h1-8,10,16H,9,11-15H2. The highest BCUT2D eigenvalue weighted by Gasteiger charge is 2.18. The molecule has 138 valence electrons. The van der Waals surface area contributed by atoms with E-state index in [-0.39, 0.29) is 5.82 Å². The van der Waals surface area contributed by atoms with E-state index < -0.39 is 0 Å². The third-order valence-electron chi connectivity index (χ3n) is 5.00. The maximum atomic E-state index is 14.6. The fraction of sp³-hybridized carbons (Fsp3) is 0.286. The molecule has 0 amide bonds. The molecular formula is C21H22FN5. The number of benzene rings is 2. The zero-order chi connectivity index (χ0) is 18.5. The number of aromatic nitrogens is 4. The van der Waals surface area contributed by atoms with E-state index >= 15 is 0 Å². The molecule has 27 heavy (non-hydrogen) atoms. The highest BCUT2D eigenvalue weighted by molar-refractivity contribution is 5.69. The molecule has 2 aromatic carbocycles. The number of hydrogen-bond acceptors (Lipinski definition) is 4. The zero-order valence-corrected chi connectivity index (χ0v) is 15.1. The van der Waals surface area contributed by atoms with Gasteiger partial charge in [-0.3, -0.25) is 4.90 Å². The van der Waals surface area contributed by atoms with Crippen LogP contribution in [0.5, 0.6) is 0 Å². The molecule has 5 nitrogen and oxygen atoms in total. The Labute approximate surface area is 158 Å². The van der Waals surface area contributed by atoms with E-state index in [0.717, 1.165) is 43.6 Å². The van der Waals surface area contributed by atoms with Gasteiger partial charge in [0, 0.05) is 25.2 Å². The van der Waals surface area contributed by atoms with Crippen LogP contribution in [-0.4, -0.2) is 44.7 Å². The lowest BCUT2D eigenvalue weighted by Crippen LogP contribution is -2.30. The third kappa shape index (κ3) is 4.28. The molecule has 1 aliphatic heterocycles. The van der Waals surface area contributed by atoms with E-state index in [0.29, 0.717) is 12.1 Å². The Hall–Kier alpha value is -2.86. The molecule has 0 saturated carbocycles. The van der Waals surface area contributed by atoms with Gasteiger partial charge < -0.3 is 0 Å². The minimum atomic E-state index is -0.176. The Balaban J connectivity index is 1.46. The number of rotatable bonds is 6. The third-order valence-corrected chi connectivity index (χ3v) is 5.00. The number of tetrazole rings is 1. The topological polar surface area (TPSA) is 46.8 Å². The number of hydrogen-bond donors (Lipinski definition) is 0. The molecule has 1 aromatic heterocycles. The lowest BCUT2D eigenvalue weighted by atomic mass is 9.94. The van der Waals surface area contributed by atoms with Crippen molar-refractivity contribution in [2.45, 2.75) is 19.4 Å². The summed E-state index contributed by atoms with van der Waals surface area (Å²) >= 11 is 0. The van der Waals surface area contributed by atoms with Crippen LogP contribution in [0.15, 0.2) is 60.9 Å². The quantitative estimate of drug-likeness (QED) is 0.675. The predicted octanol–water partition coefficient (Wildman–Crippen LogP) is 3.19. The van der Waals surface area contributed by atoms with E-state index in [1.54, 1.807) is 17.1 Å². The van der Waals surface area contributed by atoms with Gasteiger partial charge in [-0.05, 0) is 46.0 Å². The first-order valence-electron chi connectivity index (χ1n) is 9.23. The van der Waals surface area contributed by atoms with Crippen LogP contribution in [0.4, 0.5) is 4.39 Å². The molecule has 0 atom stereocenters. The van der Waals surface area contributed by atoms with Crippen LogP contribution in [0.25, 0.3) is 5.57 Å². The summed E-state index contributed by atoms with van der Waals surface area (Å²) in [7, 11) is 0. The molecule has 0 unspecified atom stereocenters. The van der Waals surface area contributed by atoms with Gasteiger partial charge in [-0.25, -0.2) is 9.07 Å². The summed E-state index contributed by atoms with van der Waals surface area (Å²) in [4.78, 5) is 2.42. The summed E-state index contributed by atoms with van der Waals surface area (Å²) in [5.41, 5.74) is 4.04. The van der Waals surface area contributed by atoms with Crippen LogP contribution in [0.1, 0.15) is 23.1 Å². The zero-order valence-electron chi connectivity index (χ0n) is 15.1. The molecule has 0 radical (unpaired) electrons. The molecule has 6 heteroatoms.